The van der Waals surface area contributed by atoms with Crippen LogP contribution in [0.5, 0.6) is 0 Å². The zero-order chi connectivity index (χ0) is 15.9. The fraction of sp³-hybridized carbons (Fsp3) is 0.857. The molecule has 22 heavy (non-hydrogen) atoms. The summed E-state index contributed by atoms with van der Waals surface area (Å²) in [7, 11) is 0. The number of piperidine rings is 1. The molecule has 1 aromatic heterocycles. The number of carbonyl (C=O) groups is 1. The van der Waals surface area contributed by atoms with Crippen LogP contribution in [-0.4, -0.2) is 61.9 Å². The first-order valence-corrected chi connectivity index (χ1v) is 8.03. The van der Waals surface area contributed by atoms with Crippen LogP contribution in [0.15, 0.2) is 0 Å². The summed E-state index contributed by atoms with van der Waals surface area (Å²) >= 11 is 0. The van der Waals surface area contributed by atoms with Crippen molar-refractivity contribution in [3.05, 3.63) is 5.82 Å². The first-order chi connectivity index (χ1) is 10.6. The molecule has 1 aliphatic rings. The number of tetrazole rings is 1. The Labute approximate surface area is 130 Å². The normalized spacial score (nSPS) is 18.3. The molecule has 1 unspecified atom stereocenters. The number of carbonyl (C=O) groups excluding carboxylic acids is 1. The molecule has 0 aliphatic carbocycles. The molecule has 1 amide bonds. The Morgan fingerprint density at radius 1 is 1.45 bits per heavy atom. The number of likely N-dealkylation sites (tertiary alicyclic amines) is 1. The van der Waals surface area contributed by atoms with Crippen molar-refractivity contribution >= 4 is 5.91 Å². The minimum atomic E-state index is -0.499. The van der Waals surface area contributed by atoms with Crippen LogP contribution < -0.4 is 5.32 Å². The van der Waals surface area contributed by atoms with E-state index in [9.17, 15) is 9.90 Å². The Hall–Kier alpha value is -1.54. The largest absolute Gasteiger partial charge is 0.392 e. The van der Waals surface area contributed by atoms with E-state index < -0.39 is 6.10 Å². The number of rotatable bonds is 7. The van der Waals surface area contributed by atoms with E-state index >= 15 is 0 Å². The van der Waals surface area contributed by atoms with E-state index in [4.69, 9.17) is 0 Å². The number of aryl methyl sites for hydroxylation is 1. The van der Waals surface area contributed by atoms with Gasteiger partial charge in [0.25, 0.3) is 0 Å². The van der Waals surface area contributed by atoms with Gasteiger partial charge in [-0.15, -0.1) is 5.10 Å². The van der Waals surface area contributed by atoms with E-state index in [0.29, 0.717) is 6.54 Å². The number of aliphatic hydroxyl groups is 1. The first-order valence-electron chi connectivity index (χ1n) is 8.03. The van der Waals surface area contributed by atoms with E-state index in [0.717, 1.165) is 51.3 Å². The van der Waals surface area contributed by atoms with Crippen molar-refractivity contribution in [2.45, 2.75) is 52.3 Å². The molecule has 1 fully saturated rings. The topological polar surface area (TPSA) is 96.2 Å². The van der Waals surface area contributed by atoms with Crippen LogP contribution in [0.1, 0.15) is 38.9 Å². The molecule has 1 aromatic rings. The summed E-state index contributed by atoms with van der Waals surface area (Å²) in [6.45, 7) is 7.39. The summed E-state index contributed by atoms with van der Waals surface area (Å²) < 4.78 is 1.85. The third-order valence-electron chi connectivity index (χ3n) is 3.94. The van der Waals surface area contributed by atoms with Crippen LogP contribution in [0, 0.1) is 5.92 Å². The lowest BCUT2D eigenvalue weighted by Gasteiger charge is -2.30. The summed E-state index contributed by atoms with van der Waals surface area (Å²) in [5, 5.41) is 23.8. The fourth-order valence-corrected chi connectivity index (χ4v) is 2.67. The minimum absolute atomic E-state index is 0.0432. The maximum absolute atomic E-state index is 12.0. The number of nitrogens with one attached hydrogen (secondary N) is 1. The van der Waals surface area contributed by atoms with E-state index in [1.165, 1.54) is 0 Å². The van der Waals surface area contributed by atoms with Crippen LogP contribution in [0.4, 0.5) is 0 Å². The molecule has 0 bridgehead atoms. The Morgan fingerprint density at radius 3 is 2.82 bits per heavy atom. The second kappa shape index (κ2) is 8.19. The lowest BCUT2D eigenvalue weighted by atomic mass is 9.96. The van der Waals surface area contributed by atoms with Crippen LogP contribution in [-0.2, 0) is 17.9 Å². The molecule has 2 N–H and O–H groups in total. The predicted molar refractivity (Wildman–Crippen MR) is 80.8 cm³/mol. The number of amides is 1. The van der Waals surface area contributed by atoms with Crippen molar-refractivity contribution in [1.82, 2.24) is 30.4 Å². The van der Waals surface area contributed by atoms with Crippen LogP contribution >= 0.6 is 0 Å². The summed E-state index contributed by atoms with van der Waals surface area (Å²) in [6.07, 6.45) is 2.17. The standard InChI is InChI=1S/C14H26N6O2/c1-3-6-20-13(16-17-18-20)10-19-7-4-12(5-8-19)14(22)15-9-11(2)21/h11-12,21H,3-10H2,1-2H3,(H,15,22). The van der Waals surface area contributed by atoms with Gasteiger partial charge in [0.1, 0.15) is 0 Å². The molecular weight excluding hydrogens is 284 g/mol. The Kier molecular flexibility index (Phi) is 6.26. The third kappa shape index (κ3) is 4.74. The van der Waals surface area contributed by atoms with Gasteiger partial charge in [-0.05, 0) is 49.7 Å². The van der Waals surface area contributed by atoms with Gasteiger partial charge >= 0.3 is 0 Å². The van der Waals surface area contributed by atoms with E-state index in [1.807, 2.05) is 4.68 Å². The van der Waals surface area contributed by atoms with Gasteiger partial charge in [0, 0.05) is 19.0 Å². The average Bonchev–Trinajstić information content (AvgIpc) is 2.93. The van der Waals surface area contributed by atoms with Crippen molar-refractivity contribution in [3.8, 4) is 0 Å². The zero-order valence-electron chi connectivity index (χ0n) is 13.4. The predicted octanol–water partition coefficient (Wildman–Crippen LogP) is -0.208. The molecule has 1 aliphatic heterocycles. The van der Waals surface area contributed by atoms with Gasteiger partial charge in [0.2, 0.25) is 5.91 Å². The number of hydrogen-bond donors (Lipinski definition) is 2. The fourth-order valence-electron chi connectivity index (χ4n) is 2.67. The van der Waals surface area contributed by atoms with Crippen LogP contribution in [0.3, 0.4) is 0 Å². The van der Waals surface area contributed by atoms with E-state index in [2.05, 4.69) is 32.7 Å². The van der Waals surface area contributed by atoms with E-state index in [-0.39, 0.29) is 11.8 Å². The molecule has 0 radical (unpaired) electrons. The first kappa shape index (κ1) is 16.8. The van der Waals surface area contributed by atoms with Gasteiger partial charge in [-0.2, -0.15) is 0 Å². The molecule has 1 saturated heterocycles. The molecule has 0 spiro atoms. The molecule has 2 heterocycles. The highest BCUT2D eigenvalue weighted by Gasteiger charge is 2.25. The summed E-state index contributed by atoms with van der Waals surface area (Å²) in [4.78, 5) is 14.3. The lowest BCUT2D eigenvalue weighted by Crippen LogP contribution is -2.42. The van der Waals surface area contributed by atoms with Gasteiger partial charge in [0.05, 0.1) is 12.6 Å². The maximum atomic E-state index is 12.0. The number of nitrogens with zero attached hydrogens (tertiary/aromatic N) is 5. The van der Waals surface area contributed by atoms with Gasteiger partial charge in [-0.3, -0.25) is 9.69 Å². The number of hydrogen-bond acceptors (Lipinski definition) is 6. The van der Waals surface area contributed by atoms with Crippen molar-refractivity contribution in [2.75, 3.05) is 19.6 Å². The Balaban J connectivity index is 1.77. The van der Waals surface area contributed by atoms with Crippen LogP contribution in [0.2, 0.25) is 0 Å². The molecule has 0 saturated carbocycles. The molecule has 8 heteroatoms. The van der Waals surface area contributed by atoms with Crippen molar-refractivity contribution in [3.63, 3.8) is 0 Å². The minimum Gasteiger partial charge on any atom is -0.392 e. The second-order valence-corrected chi connectivity index (χ2v) is 5.96. The molecule has 8 nitrogen and oxygen atoms in total. The highest BCUT2D eigenvalue weighted by Crippen LogP contribution is 2.18. The van der Waals surface area contributed by atoms with Gasteiger partial charge in [0.15, 0.2) is 5.82 Å². The van der Waals surface area contributed by atoms with E-state index in [1.54, 1.807) is 6.92 Å². The molecule has 0 aromatic carbocycles. The van der Waals surface area contributed by atoms with Crippen molar-refractivity contribution in [1.29, 1.82) is 0 Å². The Morgan fingerprint density at radius 2 is 2.18 bits per heavy atom. The van der Waals surface area contributed by atoms with Gasteiger partial charge in [-0.1, -0.05) is 6.92 Å². The smallest absolute Gasteiger partial charge is 0.223 e. The van der Waals surface area contributed by atoms with Crippen molar-refractivity contribution in [2.24, 2.45) is 5.92 Å². The third-order valence-corrected chi connectivity index (χ3v) is 3.94. The van der Waals surface area contributed by atoms with Crippen molar-refractivity contribution < 1.29 is 9.90 Å². The summed E-state index contributed by atoms with van der Waals surface area (Å²) in [5.74, 6) is 0.983. The SMILES string of the molecule is CCCn1nnnc1CN1CCC(C(=O)NCC(C)O)CC1. The molecule has 1 atom stereocenters. The summed E-state index contributed by atoms with van der Waals surface area (Å²) in [6, 6.07) is 0. The molecular formula is C14H26N6O2. The molecule has 2 rings (SSSR count). The summed E-state index contributed by atoms with van der Waals surface area (Å²) in [5.41, 5.74) is 0. The average molecular weight is 310 g/mol. The number of aliphatic hydroxyl groups excluding tert-OH is 1. The van der Waals surface area contributed by atoms with Gasteiger partial charge in [-0.25, -0.2) is 4.68 Å². The maximum Gasteiger partial charge on any atom is 0.223 e. The Bertz CT molecular complexity index is 468. The van der Waals surface area contributed by atoms with Gasteiger partial charge < -0.3 is 10.4 Å². The highest BCUT2D eigenvalue weighted by molar-refractivity contribution is 5.78. The molecule has 124 valence electrons. The quantitative estimate of drug-likeness (QED) is 0.723. The second-order valence-electron chi connectivity index (χ2n) is 5.96. The highest BCUT2D eigenvalue weighted by atomic mass is 16.3. The lowest BCUT2D eigenvalue weighted by molar-refractivity contribution is -0.126. The monoisotopic (exact) mass is 310 g/mol. The number of aromatic nitrogens is 4. The van der Waals surface area contributed by atoms with Crippen LogP contribution in [0.25, 0.3) is 0 Å². The zero-order valence-corrected chi connectivity index (χ0v) is 13.4.